The first kappa shape index (κ1) is 19.0. The van der Waals surface area contributed by atoms with Crippen molar-refractivity contribution in [1.29, 1.82) is 0 Å². The third kappa shape index (κ3) is 3.92. The number of amides is 2. The molecule has 1 fully saturated rings. The lowest BCUT2D eigenvalue weighted by Crippen LogP contribution is -2.50. The number of nitrogens with zero attached hydrogens (tertiary/aromatic N) is 5. The maximum atomic E-state index is 12.7. The number of pyridine rings is 1. The number of aromatic nitrogens is 3. The lowest BCUT2D eigenvalue weighted by Gasteiger charge is -2.35. The largest absolute Gasteiger partial charge is 0.463 e. The molecule has 3 aromatic heterocycles. The summed E-state index contributed by atoms with van der Waals surface area (Å²) in [4.78, 5) is 30.2. The van der Waals surface area contributed by atoms with Crippen molar-refractivity contribution in [3.05, 3.63) is 66.7 Å². The number of piperazine rings is 1. The van der Waals surface area contributed by atoms with Crippen molar-refractivity contribution in [3.8, 4) is 11.5 Å². The summed E-state index contributed by atoms with van der Waals surface area (Å²) >= 11 is 0. The van der Waals surface area contributed by atoms with Crippen LogP contribution in [0.1, 0.15) is 5.56 Å². The molecule has 2 amide bonds. The highest BCUT2D eigenvalue weighted by Gasteiger charge is 2.24. The number of rotatable bonds is 3. The number of furan rings is 1. The van der Waals surface area contributed by atoms with E-state index in [4.69, 9.17) is 9.40 Å². The van der Waals surface area contributed by atoms with Crippen LogP contribution in [0.4, 0.5) is 16.3 Å². The van der Waals surface area contributed by atoms with Crippen LogP contribution in [-0.2, 0) is 0 Å². The minimum atomic E-state index is -0.0870. The molecule has 0 unspecified atom stereocenters. The summed E-state index contributed by atoms with van der Waals surface area (Å²) in [5.74, 6) is 1.48. The van der Waals surface area contributed by atoms with E-state index in [1.165, 1.54) is 0 Å². The molecule has 1 aromatic carbocycles. The molecule has 156 valence electrons. The highest BCUT2D eigenvalue weighted by molar-refractivity contribution is 5.90. The Morgan fingerprint density at radius 1 is 1.03 bits per heavy atom. The van der Waals surface area contributed by atoms with Crippen LogP contribution in [0.3, 0.4) is 0 Å². The van der Waals surface area contributed by atoms with Gasteiger partial charge < -0.3 is 19.5 Å². The van der Waals surface area contributed by atoms with Crippen molar-refractivity contribution < 1.29 is 9.21 Å². The number of aryl methyl sites for hydroxylation is 1. The molecule has 0 saturated carbocycles. The molecule has 4 aromatic rings. The molecule has 5 rings (SSSR count). The summed E-state index contributed by atoms with van der Waals surface area (Å²) in [6.45, 7) is 4.54. The third-order valence-electron chi connectivity index (χ3n) is 5.37. The van der Waals surface area contributed by atoms with Crippen molar-refractivity contribution in [2.45, 2.75) is 6.92 Å². The number of hydrogen-bond donors (Lipinski definition) is 1. The van der Waals surface area contributed by atoms with Crippen molar-refractivity contribution in [2.24, 2.45) is 0 Å². The molecule has 0 atom stereocenters. The van der Waals surface area contributed by atoms with Gasteiger partial charge in [0.15, 0.2) is 11.6 Å². The van der Waals surface area contributed by atoms with Crippen LogP contribution in [0.2, 0.25) is 0 Å². The van der Waals surface area contributed by atoms with E-state index in [0.29, 0.717) is 31.9 Å². The van der Waals surface area contributed by atoms with E-state index in [-0.39, 0.29) is 6.03 Å². The number of urea groups is 1. The maximum absolute atomic E-state index is 12.7. The predicted octanol–water partition coefficient (Wildman–Crippen LogP) is 3.95. The topological polar surface area (TPSA) is 87.4 Å². The van der Waals surface area contributed by atoms with E-state index in [1.54, 1.807) is 12.6 Å². The van der Waals surface area contributed by atoms with Crippen LogP contribution in [0.25, 0.3) is 22.5 Å². The number of carbonyl (C=O) groups is 1. The lowest BCUT2D eigenvalue weighted by atomic mass is 10.2. The number of hydrogen-bond acceptors (Lipinski definition) is 6. The summed E-state index contributed by atoms with van der Waals surface area (Å²) in [7, 11) is 0. The highest BCUT2D eigenvalue weighted by Crippen LogP contribution is 2.26. The Balaban J connectivity index is 1.32. The molecule has 1 N–H and O–H groups in total. The summed E-state index contributed by atoms with van der Waals surface area (Å²) < 4.78 is 5.48. The monoisotopic (exact) mass is 414 g/mol. The molecule has 8 heteroatoms. The Kier molecular flexibility index (Phi) is 4.95. The first-order chi connectivity index (χ1) is 15.2. The maximum Gasteiger partial charge on any atom is 0.321 e. The van der Waals surface area contributed by atoms with E-state index in [0.717, 1.165) is 33.8 Å². The second kappa shape index (κ2) is 8.06. The third-order valence-corrected chi connectivity index (χ3v) is 5.37. The minimum Gasteiger partial charge on any atom is -0.463 e. The second-order valence-corrected chi connectivity index (χ2v) is 7.51. The smallest absolute Gasteiger partial charge is 0.321 e. The first-order valence-electron chi connectivity index (χ1n) is 10.2. The molecule has 0 spiro atoms. The zero-order chi connectivity index (χ0) is 21.2. The molecule has 1 aliphatic heterocycles. The quantitative estimate of drug-likeness (QED) is 0.546. The number of benzene rings is 1. The Morgan fingerprint density at radius 2 is 1.90 bits per heavy atom. The van der Waals surface area contributed by atoms with Crippen LogP contribution >= 0.6 is 0 Å². The van der Waals surface area contributed by atoms with Crippen LogP contribution in [0.5, 0.6) is 0 Å². The van der Waals surface area contributed by atoms with Gasteiger partial charge >= 0.3 is 6.03 Å². The zero-order valence-corrected chi connectivity index (χ0v) is 17.2. The molecule has 0 radical (unpaired) electrons. The molecular formula is C23H22N6O2. The number of anilines is 2. The van der Waals surface area contributed by atoms with Gasteiger partial charge in [-0.25, -0.2) is 19.7 Å². The summed E-state index contributed by atoms with van der Waals surface area (Å²) in [6.07, 6.45) is 3.19. The molecule has 0 bridgehead atoms. The summed E-state index contributed by atoms with van der Waals surface area (Å²) in [5.41, 5.74) is 4.17. The molecule has 1 aliphatic rings. The van der Waals surface area contributed by atoms with Gasteiger partial charge in [-0.3, -0.25) is 0 Å². The fraction of sp³-hybridized carbons (Fsp3) is 0.217. The normalized spacial score (nSPS) is 14.1. The Bertz CT molecular complexity index is 1220. The van der Waals surface area contributed by atoms with Crippen LogP contribution in [0.15, 0.2) is 65.5 Å². The first-order valence-corrected chi connectivity index (χ1v) is 10.2. The Hall–Kier alpha value is -3.94. The molecule has 1 saturated heterocycles. The fourth-order valence-corrected chi connectivity index (χ4v) is 3.77. The van der Waals surface area contributed by atoms with Gasteiger partial charge in [-0.05, 0) is 48.9 Å². The number of carbonyl (C=O) groups excluding carboxylic acids is 1. The van der Waals surface area contributed by atoms with Gasteiger partial charge in [-0.2, -0.15) is 0 Å². The fourth-order valence-electron chi connectivity index (χ4n) is 3.77. The average Bonchev–Trinajstić information content (AvgIpc) is 3.33. The highest BCUT2D eigenvalue weighted by atomic mass is 16.3. The standard InChI is InChI=1S/C23H22N6O2/c1-16-4-2-5-17(14-16)26-23(30)29-11-9-28(10-12-29)22-21-19(24-15-25-22)8-7-18(27-21)20-6-3-13-31-20/h2-8,13-15H,9-12H2,1H3,(H,26,30). The van der Waals surface area contributed by atoms with E-state index >= 15 is 0 Å². The molecule has 0 aliphatic carbocycles. The number of nitrogens with one attached hydrogen (secondary N) is 1. The van der Waals surface area contributed by atoms with Crippen LogP contribution < -0.4 is 10.2 Å². The van der Waals surface area contributed by atoms with E-state index < -0.39 is 0 Å². The molecule has 4 heterocycles. The average molecular weight is 414 g/mol. The van der Waals surface area contributed by atoms with Gasteiger partial charge in [0.2, 0.25) is 0 Å². The second-order valence-electron chi connectivity index (χ2n) is 7.51. The molecular weight excluding hydrogens is 392 g/mol. The molecule has 31 heavy (non-hydrogen) atoms. The zero-order valence-electron chi connectivity index (χ0n) is 17.2. The van der Waals surface area contributed by atoms with E-state index in [2.05, 4.69) is 20.2 Å². The van der Waals surface area contributed by atoms with Crippen molar-refractivity contribution in [1.82, 2.24) is 19.9 Å². The lowest BCUT2D eigenvalue weighted by molar-refractivity contribution is 0.208. The van der Waals surface area contributed by atoms with Gasteiger partial charge in [0.25, 0.3) is 0 Å². The number of fused-ring (bicyclic) bond motifs is 1. The predicted molar refractivity (Wildman–Crippen MR) is 119 cm³/mol. The van der Waals surface area contributed by atoms with E-state index in [9.17, 15) is 4.79 Å². The van der Waals surface area contributed by atoms with Crippen molar-refractivity contribution in [3.63, 3.8) is 0 Å². The summed E-state index contributed by atoms with van der Waals surface area (Å²) in [5, 5.41) is 2.98. The van der Waals surface area contributed by atoms with Crippen LogP contribution in [0, 0.1) is 6.92 Å². The van der Waals surface area contributed by atoms with Crippen LogP contribution in [-0.4, -0.2) is 52.1 Å². The Morgan fingerprint density at radius 3 is 2.68 bits per heavy atom. The molecule has 8 nitrogen and oxygen atoms in total. The van der Waals surface area contributed by atoms with Gasteiger partial charge in [0.05, 0.1) is 11.8 Å². The van der Waals surface area contributed by atoms with Gasteiger partial charge in [0.1, 0.15) is 17.5 Å². The Labute approximate surface area is 179 Å². The van der Waals surface area contributed by atoms with Gasteiger partial charge in [0, 0.05) is 31.9 Å². The van der Waals surface area contributed by atoms with Gasteiger partial charge in [-0.15, -0.1) is 0 Å². The van der Waals surface area contributed by atoms with Crippen molar-refractivity contribution >= 4 is 28.6 Å². The SMILES string of the molecule is Cc1cccc(NC(=O)N2CCN(c3ncnc4ccc(-c5ccco5)nc34)CC2)c1. The van der Waals surface area contributed by atoms with E-state index in [1.807, 2.05) is 60.4 Å². The van der Waals surface area contributed by atoms with Crippen molar-refractivity contribution in [2.75, 3.05) is 36.4 Å². The van der Waals surface area contributed by atoms with Gasteiger partial charge in [-0.1, -0.05) is 12.1 Å². The summed E-state index contributed by atoms with van der Waals surface area (Å²) in [6, 6.07) is 15.3. The minimum absolute atomic E-state index is 0.0870.